The highest BCUT2D eigenvalue weighted by molar-refractivity contribution is 7.99. The summed E-state index contributed by atoms with van der Waals surface area (Å²) >= 11 is 1.39. The molecule has 3 amide bonds. The zero-order valence-corrected chi connectivity index (χ0v) is 9.40. The molecular weight excluding hydrogens is 232 g/mol. The smallest absolute Gasteiger partial charge is 0.328 e. The highest BCUT2D eigenvalue weighted by atomic mass is 32.2. The fraction of sp³-hybridized carbons (Fsp3) is 0.667. The monoisotopic (exact) mass is 244 g/mol. The summed E-state index contributed by atoms with van der Waals surface area (Å²) in [4.78, 5) is 36.6. The van der Waals surface area contributed by atoms with Crippen LogP contribution >= 0.6 is 11.8 Å². The molecule has 6 nitrogen and oxygen atoms in total. The minimum atomic E-state index is -1.01. The third kappa shape index (κ3) is 1.87. The van der Waals surface area contributed by atoms with E-state index in [-0.39, 0.29) is 5.91 Å². The van der Waals surface area contributed by atoms with Crippen LogP contribution in [0.15, 0.2) is 0 Å². The summed E-state index contributed by atoms with van der Waals surface area (Å²) in [6.45, 7) is 0.408. The second-order valence-corrected chi connectivity index (χ2v) is 4.75. The van der Waals surface area contributed by atoms with Crippen LogP contribution in [0.25, 0.3) is 0 Å². The maximum absolute atomic E-state index is 11.9. The molecule has 16 heavy (non-hydrogen) atoms. The van der Waals surface area contributed by atoms with Gasteiger partial charge in [-0.2, -0.15) is 0 Å². The number of carbonyl (C=O) groups excluding carboxylic acids is 2. The van der Waals surface area contributed by atoms with Gasteiger partial charge in [0.15, 0.2) is 0 Å². The standard InChI is InChI=1S/C9H12N2O4S/c12-7-2-1-3-10(7)9(15)11-5-16-4-6(11)8(13)14/h6H,1-5H2,(H,13,14)/t6-/m0/s1. The van der Waals surface area contributed by atoms with Crippen LogP contribution in [0, 0.1) is 0 Å². The van der Waals surface area contributed by atoms with Crippen LogP contribution in [0.4, 0.5) is 4.79 Å². The van der Waals surface area contributed by atoms with Gasteiger partial charge in [-0.25, -0.2) is 9.59 Å². The minimum Gasteiger partial charge on any atom is -0.480 e. The minimum absolute atomic E-state index is 0.203. The number of hydrogen-bond donors (Lipinski definition) is 1. The number of thioether (sulfide) groups is 1. The predicted octanol–water partition coefficient (Wildman–Crippen LogP) is 0.188. The highest BCUT2D eigenvalue weighted by Gasteiger charge is 2.39. The predicted molar refractivity (Wildman–Crippen MR) is 56.9 cm³/mol. The van der Waals surface area contributed by atoms with Crippen LogP contribution < -0.4 is 0 Å². The van der Waals surface area contributed by atoms with Gasteiger partial charge in [-0.05, 0) is 6.42 Å². The molecule has 2 aliphatic heterocycles. The van der Waals surface area contributed by atoms with Crippen LogP contribution in [-0.4, -0.2) is 57.0 Å². The fourth-order valence-electron chi connectivity index (χ4n) is 1.84. The van der Waals surface area contributed by atoms with Gasteiger partial charge in [0.2, 0.25) is 5.91 Å². The van der Waals surface area contributed by atoms with Crippen molar-refractivity contribution in [1.29, 1.82) is 0 Å². The number of carboxylic acids is 1. The zero-order valence-electron chi connectivity index (χ0n) is 8.59. The molecule has 0 aromatic carbocycles. The Hall–Kier alpha value is -1.24. The Morgan fingerprint density at radius 1 is 1.44 bits per heavy atom. The molecule has 0 aliphatic carbocycles. The first-order valence-electron chi connectivity index (χ1n) is 5.03. The number of hydrogen-bond acceptors (Lipinski definition) is 4. The molecule has 2 rings (SSSR count). The van der Waals surface area contributed by atoms with Gasteiger partial charge in [-0.15, -0.1) is 11.8 Å². The van der Waals surface area contributed by atoms with Crippen LogP contribution in [0.1, 0.15) is 12.8 Å². The molecule has 0 radical (unpaired) electrons. The average molecular weight is 244 g/mol. The van der Waals surface area contributed by atoms with Crippen molar-refractivity contribution in [3.8, 4) is 0 Å². The summed E-state index contributed by atoms with van der Waals surface area (Å²) in [5, 5.41) is 8.93. The van der Waals surface area contributed by atoms with E-state index in [0.717, 1.165) is 4.90 Å². The van der Waals surface area contributed by atoms with Gasteiger partial charge in [0.1, 0.15) is 6.04 Å². The molecule has 0 bridgehead atoms. The molecule has 0 spiro atoms. The van der Waals surface area contributed by atoms with Crippen molar-refractivity contribution in [2.24, 2.45) is 0 Å². The molecule has 0 aromatic heterocycles. The van der Waals surface area contributed by atoms with Crippen LogP contribution in [0.2, 0.25) is 0 Å². The van der Waals surface area contributed by atoms with Gasteiger partial charge in [0, 0.05) is 18.7 Å². The van der Waals surface area contributed by atoms with E-state index in [1.54, 1.807) is 0 Å². The molecule has 1 atom stereocenters. The van der Waals surface area contributed by atoms with Crippen molar-refractivity contribution in [3.63, 3.8) is 0 Å². The summed E-state index contributed by atoms with van der Waals surface area (Å²) in [6.07, 6.45) is 1.05. The average Bonchev–Trinajstić information content (AvgIpc) is 2.84. The number of likely N-dealkylation sites (tertiary alicyclic amines) is 1. The van der Waals surface area contributed by atoms with E-state index in [1.165, 1.54) is 16.7 Å². The summed E-state index contributed by atoms with van der Waals surface area (Å²) in [5.74, 6) is -0.473. The normalized spacial score (nSPS) is 25.2. The fourth-order valence-corrected chi connectivity index (χ4v) is 2.98. The van der Waals surface area contributed by atoms with Crippen molar-refractivity contribution in [1.82, 2.24) is 9.80 Å². The summed E-state index contributed by atoms with van der Waals surface area (Å²) in [5.41, 5.74) is 0. The Bertz CT molecular complexity index is 346. The van der Waals surface area contributed by atoms with Gasteiger partial charge in [0.25, 0.3) is 0 Å². The van der Waals surface area contributed by atoms with Gasteiger partial charge < -0.3 is 10.0 Å². The lowest BCUT2D eigenvalue weighted by Gasteiger charge is -2.25. The van der Waals surface area contributed by atoms with E-state index in [1.807, 2.05) is 0 Å². The quantitative estimate of drug-likeness (QED) is 0.712. The van der Waals surface area contributed by atoms with E-state index in [4.69, 9.17) is 5.11 Å². The van der Waals surface area contributed by atoms with Crippen molar-refractivity contribution < 1.29 is 19.5 Å². The number of aliphatic carboxylic acids is 1. The largest absolute Gasteiger partial charge is 0.480 e. The lowest BCUT2D eigenvalue weighted by Crippen LogP contribution is -2.49. The summed E-state index contributed by atoms with van der Waals surface area (Å²) in [7, 11) is 0. The number of urea groups is 1. The summed E-state index contributed by atoms with van der Waals surface area (Å²) < 4.78 is 0. The number of carboxylic acid groups (broad SMARTS) is 1. The highest BCUT2D eigenvalue weighted by Crippen LogP contribution is 2.24. The Balaban J connectivity index is 2.09. The first-order chi connectivity index (χ1) is 7.61. The van der Waals surface area contributed by atoms with Gasteiger partial charge in [-0.3, -0.25) is 9.69 Å². The van der Waals surface area contributed by atoms with Gasteiger partial charge >= 0.3 is 12.0 Å². The molecular formula is C9H12N2O4S. The lowest BCUT2D eigenvalue weighted by atomic mass is 10.3. The second kappa shape index (κ2) is 4.32. The van der Waals surface area contributed by atoms with Crippen LogP contribution in [0.3, 0.4) is 0 Å². The van der Waals surface area contributed by atoms with Crippen LogP contribution in [0.5, 0.6) is 0 Å². The summed E-state index contributed by atoms with van der Waals surface area (Å²) in [6, 6.07) is -1.26. The molecule has 1 N–H and O–H groups in total. The van der Waals surface area contributed by atoms with Gasteiger partial charge in [0.05, 0.1) is 5.88 Å². The molecule has 0 unspecified atom stereocenters. The third-order valence-corrected chi connectivity index (χ3v) is 3.73. The van der Waals surface area contributed by atoms with Gasteiger partial charge in [-0.1, -0.05) is 0 Å². The van der Waals surface area contributed by atoms with Crippen molar-refractivity contribution in [2.75, 3.05) is 18.2 Å². The number of nitrogens with zero attached hydrogens (tertiary/aromatic N) is 2. The number of amides is 3. The Labute approximate surface area is 96.6 Å². The third-order valence-electron chi connectivity index (χ3n) is 2.72. The van der Waals surface area contributed by atoms with Crippen molar-refractivity contribution >= 4 is 29.7 Å². The van der Waals surface area contributed by atoms with E-state index in [9.17, 15) is 14.4 Å². The molecule has 2 fully saturated rings. The molecule has 0 saturated carbocycles. The maximum Gasteiger partial charge on any atom is 0.328 e. The number of imide groups is 1. The maximum atomic E-state index is 11.9. The Morgan fingerprint density at radius 3 is 2.75 bits per heavy atom. The van der Waals surface area contributed by atoms with Crippen molar-refractivity contribution in [2.45, 2.75) is 18.9 Å². The lowest BCUT2D eigenvalue weighted by molar-refractivity contribution is -0.141. The first kappa shape index (κ1) is 11.3. The Kier molecular flexibility index (Phi) is 3.04. The van der Waals surface area contributed by atoms with Crippen molar-refractivity contribution in [3.05, 3.63) is 0 Å². The van der Waals surface area contributed by atoms with E-state index < -0.39 is 18.0 Å². The van der Waals surface area contributed by atoms with E-state index in [0.29, 0.717) is 31.0 Å². The molecule has 2 heterocycles. The molecule has 7 heteroatoms. The van der Waals surface area contributed by atoms with E-state index in [2.05, 4.69) is 0 Å². The molecule has 0 aromatic rings. The van der Waals surface area contributed by atoms with Crippen LogP contribution in [-0.2, 0) is 9.59 Å². The number of carbonyl (C=O) groups is 3. The molecule has 2 aliphatic rings. The zero-order chi connectivity index (χ0) is 11.7. The second-order valence-electron chi connectivity index (χ2n) is 3.76. The molecule has 2 saturated heterocycles. The number of rotatable bonds is 1. The Morgan fingerprint density at radius 2 is 2.19 bits per heavy atom. The SMILES string of the molecule is O=C(O)[C@@H]1CSCN1C(=O)N1CCCC1=O. The van der Waals surface area contributed by atoms with E-state index >= 15 is 0 Å². The molecule has 88 valence electrons. The topological polar surface area (TPSA) is 77.9 Å². The first-order valence-corrected chi connectivity index (χ1v) is 6.18.